The Balaban J connectivity index is 1.65. The minimum absolute atomic E-state index is 0.711. The van der Waals surface area contributed by atoms with Crippen molar-refractivity contribution in [2.24, 2.45) is 5.92 Å². The Bertz CT molecular complexity index is 294. The third-order valence-corrected chi connectivity index (χ3v) is 5.83. The van der Waals surface area contributed by atoms with E-state index in [0.29, 0.717) is 6.04 Å². The van der Waals surface area contributed by atoms with E-state index in [2.05, 4.69) is 29.0 Å². The van der Waals surface area contributed by atoms with Crippen LogP contribution < -0.4 is 5.32 Å². The first-order valence-corrected chi connectivity index (χ1v) is 8.51. The number of fused-ring (bicyclic) bond motifs is 1. The Kier molecular flexibility index (Phi) is 4.45. The van der Waals surface area contributed by atoms with Crippen molar-refractivity contribution in [3.63, 3.8) is 0 Å². The van der Waals surface area contributed by atoms with E-state index in [1.165, 1.54) is 64.8 Å². The molecular formula is C16H31N3. The molecule has 4 atom stereocenters. The molecule has 4 unspecified atom stereocenters. The van der Waals surface area contributed by atoms with Crippen LogP contribution in [0.5, 0.6) is 0 Å². The lowest BCUT2D eigenvalue weighted by Crippen LogP contribution is -2.48. The van der Waals surface area contributed by atoms with Gasteiger partial charge in [-0.05, 0) is 51.2 Å². The van der Waals surface area contributed by atoms with E-state index in [-0.39, 0.29) is 0 Å². The summed E-state index contributed by atoms with van der Waals surface area (Å²) in [6.45, 7) is 11.3. The van der Waals surface area contributed by atoms with Crippen molar-refractivity contribution < 1.29 is 0 Å². The third-order valence-electron chi connectivity index (χ3n) is 5.83. The smallest absolute Gasteiger partial charge is 0.0264 e. The van der Waals surface area contributed by atoms with Crippen LogP contribution in [0.2, 0.25) is 0 Å². The second kappa shape index (κ2) is 6.11. The predicted molar refractivity (Wildman–Crippen MR) is 80.4 cm³/mol. The van der Waals surface area contributed by atoms with Crippen LogP contribution in [0, 0.1) is 5.92 Å². The van der Waals surface area contributed by atoms with Crippen molar-refractivity contribution in [3.8, 4) is 0 Å². The zero-order valence-corrected chi connectivity index (χ0v) is 12.8. The molecule has 0 spiro atoms. The van der Waals surface area contributed by atoms with E-state index in [4.69, 9.17) is 0 Å². The molecule has 3 nitrogen and oxygen atoms in total. The van der Waals surface area contributed by atoms with Crippen molar-refractivity contribution in [1.82, 2.24) is 15.1 Å². The summed E-state index contributed by atoms with van der Waals surface area (Å²) in [5, 5.41) is 3.79. The zero-order chi connectivity index (χ0) is 13.2. The first-order chi connectivity index (χ1) is 9.29. The number of hydrogen-bond donors (Lipinski definition) is 1. The lowest BCUT2D eigenvalue weighted by Gasteiger charge is -2.35. The van der Waals surface area contributed by atoms with E-state index < -0.39 is 0 Å². The maximum Gasteiger partial charge on any atom is 0.0264 e. The number of rotatable bonds is 3. The Hall–Kier alpha value is -0.120. The molecule has 3 heterocycles. The highest BCUT2D eigenvalue weighted by Gasteiger charge is 2.41. The van der Waals surface area contributed by atoms with Gasteiger partial charge in [-0.15, -0.1) is 0 Å². The summed E-state index contributed by atoms with van der Waals surface area (Å²) in [6.07, 6.45) is 6.92. The van der Waals surface area contributed by atoms with E-state index in [9.17, 15) is 0 Å². The Labute approximate surface area is 118 Å². The zero-order valence-electron chi connectivity index (χ0n) is 12.8. The van der Waals surface area contributed by atoms with Gasteiger partial charge in [0.05, 0.1) is 0 Å². The summed E-state index contributed by atoms with van der Waals surface area (Å²) in [7, 11) is 0. The molecule has 0 radical (unpaired) electrons. The van der Waals surface area contributed by atoms with Gasteiger partial charge in [0, 0.05) is 31.2 Å². The molecule has 0 aromatic heterocycles. The molecular weight excluding hydrogens is 234 g/mol. The van der Waals surface area contributed by atoms with Gasteiger partial charge in [0.1, 0.15) is 0 Å². The minimum atomic E-state index is 0.711. The lowest BCUT2D eigenvalue weighted by molar-refractivity contribution is 0.146. The quantitative estimate of drug-likeness (QED) is 0.841. The van der Waals surface area contributed by atoms with Gasteiger partial charge in [-0.2, -0.15) is 0 Å². The van der Waals surface area contributed by atoms with Crippen LogP contribution in [0.3, 0.4) is 0 Å². The SMILES string of the molecule is CCC(C)C1CN(C2CCN3CCCC23)CCCN1. The fraction of sp³-hybridized carbons (Fsp3) is 1.00. The van der Waals surface area contributed by atoms with Gasteiger partial charge < -0.3 is 5.32 Å². The Morgan fingerprint density at radius 1 is 1.05 bits per heavy atom. The van der Waals surface area contributed by atoms with E-state index in [0.717, 1.165) is 18.0 Å². The van der Waals surface area contributed by atoms with Gasteiger partial charge in [-0.3, -0.25) is 9.80 Å². The first-order valence-electron chi connectivity index (χ1n) is 8.51. The number of nitrogens with one attached hydrogen (secondary N) is 1. The monoisotopic (exact) mass is 265 g/mol. The molecule has 0 bridgehead atoms. The summed E-state index contributed by atoms with van der Waals surface area (Å²) in [4.78, 5) is 5.59. The van der Waals surface area contributed by atoms with Crippen molar-refractivity contribution in [2.45, 2.75) is 64.1 Å². The van der Waals surface area contributed by atoms with Crippen molar-refractivity contribution >= 4 is 0 Å². The highest BCUT2D eigenvalue weighted by atomic mass is 15.3. The average Bonchev–Trinajstić information content (AvgIpc) is 2.94. The van der Waals surface area contributed by atoms with Crippen molar-refractivity contribution in [1.29, 1.82) is 0 Å². The summed E-state index contributed by atoms with van der Waals surface area (Å²) in [5.41, 5.74) is 0. The topological polar surface area (TPSA) is 18.5 Å². The van der Waals surface area contributed by atoms with Crippen LogP contribution in [0.15, 0.2) is 0 Å². The van der Waals surface area contributed by atoms with Gasteiger partial charge in [-0.25, -0.2) is 0 Å². The van der Waals surface area contributed by atoms with Crippen molar-refractivity contribution in [3.05, 3.63) is 0 Å². The van der Waals surface area contributed by atoms with Crippen LogP contribution in [0.25, 0.3) is 0 Å². The van der Waals surface area contributed by atoms with Crippen LogP contribution in [0.1, 0.15) is 46.0 Å². The largest absolute Gasteiger partial charge is 0.312 e. The average molecular weight is 265 g/mol. The highest BCUT2D eigenvalue weighted by Crippen LogP contribution is 2.32. The minimum Gasteiger partial charge on any atom is -0.312 e. The van der Waals surface area contributed by atoms with Crippen LogP contribution in [-0.4, -0.2) is 60.6 Å². The molecule has 3 aliphatic heterocycles. The lowest BCUT2D eigenvalue weighted by atomic mass is 9.97. The van der Waals surface area contributed by atoms with Gasteiger partial charge >= 0.3 is 0 Å². The molecule has 0 amide bonds. The molecule has 3 heteroatoms. The molecule has 0 aromatic rings. The molecule has 3 rings (SSSR count). The molecule has 110 valence electrons. The highest BCUT2D eigenvalue weighted by molar-refractivity contribution is 4.98. The second-order valence-electron chi connectivity index (χ2n) is 6.90. The summed E-state index contributed by atoms with van der Waals surface area (Å²) in [6, 6.07) is 2.45. The van der Waals surface area contributed by atoms with Gasteiger partial charge in [0.2, 0.25) is 0 Å². The second-order valence-corrected chi connectivity index (χ2v) is 6.90. The molecule has 1 N–H and O–H groups in total. The molecule has 0 aliphatic carbocycles. The normalized spacial score (nSPS) is 39.2. The van der Waals surface area contributed by atoms with E-state index in [1.807, 2.05) is 0 Å². The summed E-state index contributed by atoms with van der Waals surface area (Å²) in [5.74, 6) is 0.807. The maximum atomic E-state index is 3.79. The molecule has 3 fully saturated rings. The van der Waals surface area contributed by atoms with Gasteiger partial charge in [0.25, 0.3) is 0 Å². The van der Waals surface area contributed by atoms with Crippen LogP contribution in [0.4, 0.5) is 0 Å². The van der Waals surface area contributed by atoms with E-state index >= 15 is 0 Å². The van der Waals surface area contributed by atoms with Gasteiger partial charge in [0.15, 0.2) is 0 Å². The molecule has 3 aliphatic rings. The van der Waals surface area contributed by atoms with E-state index in [1.54, 1.807) is 0 Å². The molecule has 0 saturated carbocycles. The fourth-order valence-electron chi connectivity index (χ4n) is 4.43. The van der Waals surface area contributed by atoms with Crippen LogP contribution >= 0.6 is 0 Å². The van der Waals surface area contributed by atoms with Gasteiger partial charge in [-0.1, -0.05) is 20.3 Å². The van der Waals surface area contributed by atoms with Crippen LogP contribution in [-0.2, 0) is 0 Å². The fourth-order valence-corrected chi connectivity index (χ4v) is 4.43. The Morgan fingerprint density at radius 2 is 1.84 bits per heavy atom. The Morgan fingerprint density at radius 3 is 2.68 bits per heavy atom. The summed E-state index contributed by atoms with van der Waals surface area (Å²) < 4.78 is 0. The number of nitrogens with zero attached hydrogens (tertiary/aromatic N) is 2. The maximum absolute atomic E-state index is 3.79. The predicted octanol–water partition coefficient (Wildman–Crippen LogP) is 1.93. The summed E-state index contributed by atoms with van der Waals surface area (Å²) >= 11 is 0. The first kappa shape index (κ1) is 13.8. The molecule has 0 aromatic carbocycles. The molecule has 3 saturated heterocycles. The third kappa shape index (κ3) is 2.84. The molecule has 19 heavy (non-hydrogen) atoms. The number of hydrogen-bond acceptors (Lipinski definition) is 3. The van der Waals surface area contributed by atoms with Crippen molar-refractivity contribution in [2.75, 3.05) is 32.7 Å². The standard InChI is InChI=1S/C16H31N3/c1-3-13(2)14-12-19(10-5-8-17-14)16-7-11-18-9-4-6-15(16)18/h13-17H,3-12H2,1-2H3.